The Bertz CT molecular complexity index is 1610. The van der Waals surface area contributed by atoms with Gasteiger partial charge in [-0.2, -0.15) is 15.5 Å². The van der Waals surface area contributed by atoms with Crippen molar-refractivity contribution in [1.82, 2.24) is 19.6 Å². The number of aromatic nitrogens is 5. The monoisotopic (exact) mass is 521 g/mol. The molecule has 1 aromatic carbocycles. The van der Waals surface area contributed by atoms with E-state index in [1.165, 1.54) is 36.2 Å². The highest BCUT2D eigenvalue weighted by molar-refractivity contribution is 6.31. The summed E-state index contributed by atoms with van der Waals surface area (Å²) in [5.74, 6) is -0.0490. The van der Waals surface area contributed by atoms with Crippen LogP contribution in [0.5, 0.6) is 5.75 Å². The van der Waals surface area contributed by atoms with Crippen molar-refractivity contribution in [3.63, 3.8) is 0 Å². The van der Waals surface area contributed by atoms with Crippen molar-refractivity contribution in [2.45, 2.75) is 25.3 Å². The van der Waals surface area contributed by atoms with Gasteiger partial charge in [-0.3, -0.25) is 14.7 Å². The summed E-state index contributed by atoms with van der Waals surface area (Å²) in [6, 6.07) is 7.42. The molecule has 1 N–H and O–H groups in total. The second-order valence-electron chi connectivity index (χ2n) is 9.03. The van der Waals surface area contributed by atoms with Crippen LogP contribution in [0.4, 0.5) is 4.39 Å². The highest BCUT2D eigenvalue weighted by Gasteiger charge is 2.35. The summed E-state index contributed by atoms with van der Waals surface area (Å²) in [6.45, 7) is 0. The number of hydrogen-bond donors (Lipinski definition) is 1. The van der Waals surface area contributed by atoms with E-state index >= 15 is 4.39 Å². The third-order valence-corrected chi connectivity index (χ3v) is 6.87. The quantitative estimate of drug-likeness (QED) is 0.292. The van der Waals surface area contributed by atoms with Crippen molar-refractivity contribution in [1.29, 1.82) is 5.26 Å². The van der Waals surface area contributed by atoms with E-state index in [0.717, 1.165) is 17.6 Å². The van der Waals surface area contributed by atoms with E-state index in [4.69, 9.17) is 16.3 Å². The van der Waals surface area contributed by atoms with Crippen LogP contribution in [0.1, 0.15) is 36.6 Å². The Morgan fingerprint density at radius 2 is 2.05 bits per heavy atom. The second kappa shape index (κ2) is 9.67. The molecule has 0 spiro atoms. The zero-order valence-corrected chi connectivity index (χ0v) is 20.9. The molecule has 1 fully saturated rings. The van der Waals surface area contributed by atoms with Gasteiger partial charge < -0.3 is 4.74 Å². The van der Waals surface area contributed by atoms with Crippen LogP contribution in [-0.2, 0) is 7.05 Å². The summed E-state index contributed by atoms with van der Waals surface area (Å²) >= 11 is 5.99. The molecule has 188 valence electrons. The first kappa shape index (κ1) is 24.5. The number of nitriles is 1. The van der Waals surface area contributed by atoms with Crippen LogP contribution in [0.25, 0.3) is 22.3 Å². The Balaban J connectivity index is 1.61. The molecule has 0 amide bonds. The molecule has 9 nitrogen and oxygen atoms in total. The molecule has 1 aliphatic rings. The molecule has 0 radical (unpaired) electrons. The number of aryl methyl sites for hydroxylation is 1. The van der Waals surface area contributed by atoms with Crippen LogP contribution in [0, 0.1) is 23.1 Å². The molecule has 0 bridgehead atoms. The normalized spacial score (nSPS) is 13.8. The Hall–Kier alpha value is -4.23. The molecular formula is C26H23ClFN6O3+. The molecule has 0 unspecified atom stereocenters. The summed E-state index contributed by atoms with van der Waals surface area (Å²) in [6.07, 6.45) is 9.20. The van der Waals surface area contributed by atoms with E-state index < -0.39 is 5.82 Å². The van der Waals surface area contributed by atoms with Crippen molar-refractivity contribution < 1.29 is 19.1 Å². The van der Waals surface area contributed by atoms with Gasteiger partial charge in [-0.25, -0.2) is 9.07 Å². The predicted octanol–water partition coefficient (Wildman–Crippen LogP) is 3.90. The van der Waals surface area contributed by atoms with Crippen molar-refractivity contribution in [3.8, 4) is 34.1 Å². The van der Waals surface area contributed by atoms with Gasteiger partial charge in [-0.1, -0.05) is 24.4 Å². The van der Waals surface area contributed by atoms with Gasteiger partial charge in [0.25, 0.3) is 11.3 Å². The highest BCUT2D eigenvalue weighted by Crippen LogP contribution is 2.41. The number of hydrogen-bond acceptors (Lipinski definition) is 6. The number of methoxy groups -OCH3 is 1. The van der Waals surface area contributed by atoms with E-state index in [0.29, 0.717) is 29.2 Å². The molecule has 1 atom stereocenters. The number of benzene rings is 1. The van der Waals surface area contributed by atoms with Gasteiger partial charge in [0.15, 0.2) is 5.82 Å². The third-order valence-electron chi connectivity index (χ3n) is 6.58. The molecule has 1 aliphatic carbocycles. The van der Waals surface area contributed by atoms with Gasteiger partial charge in [0.2, 0.25) is 6.20 Å². The smallest absolute Gasteiger partial charge is 0.267 e. The number of rotatable bonds is 7. The Kier molecular flexibility index (Phi) is 6.39. The van der Waals surface area contributed by atoms with Gasteiger partial charge in [-0.15, -0.1) is 0 Å². The number of nitrogens with zero attached hydrogens (tertiary/aromatic N) is 6. The lowest BCUT2D eigenvalue weighted by atomic mass is 9.98. The Labute approximate surface area is 216 Å². The van der Waals surface area contributed by atoms with E-state index in [-0.39, 0.29) is 39.1 Å². The van der Waals surface area contributed by atoms with Crippen LogP contribution in [0.3, 0.4) is 0 Å². The average molecular weight is 522 g/mol. The van der Waals surface area contributed by atoms with Crippen molar-refractivity contribution in [2.24, 2.45) is 13.0 Å². The molecule has 37 heavy (non-hydrogen) atoms. The zero-order valence-electron chi connectivity index (χ0n) is 20.1. The van der Waals surface area contributed by atoms with Gasteiger partial charge in [0.1, 0.15) is 11.8 Å². The topological polar surface area (TPSA) is 110 Å². The predicted molar refractivity (Wildman–Crippen MR) is 132 cm³/mol. The lowest BCUT2D eigenvalue weighted by molar-refractivity contribution is -0.910. The molecule has 1 saturated carbocycles. The maximum atomic E-state index is 15.0. The van der Waals surface area contributed by atoms with Crippen LogP contribution < -0.4 is 15.0 Å². The summed E-state index contributed by atoms with van der Waals surface area (Å²) < 4.78 is 24.5. The first-order valence-corrected chi connectivity index (χ1v) is 12.0. The Morgan fingerprint density at radius 1 is 1.30 bits per heavy atom. The number of pyridine rings is 1. The van der Waals surface area contributed by atoms with Crippen molar-refractivity contribution in [3.05, 3.63) is 81.5 Å². The molecule has 4 aromatic rings. The maximum absolute atomic E-state index is 15.0. The van der Waals surface area contributed by atoms with E-state index in [9.17, 15) is 15.3 Å². The first-order valence-electron chi connectivity index (χ1n) is 11.6. The largest absolute Gasteiger partial charge is 0.496 e. The molecule has 0 aliphatic heterocycles. The summed E-state index contributed by atoms with van der Waals surface area (Å²) in [4.78, 5) is 12.1. The minimum Gasteiger partial charge on any atom is -0.496 e. The van der Waals surface area contributed by atoms with Gasteiger partial charge in [-0.05, 0) is 24.5 Å². The lowest BCUT2D eigenvalue weighted by Crippen LogP contribution is -2.38. The van der Waals surface area contributed by atoms with Crippen LogP contribution in [0.15, 0.2) is 53.8 Å². The number of halogens is 2. The fraction of sp³-hybridized carbons (Fsp3) is 0.269. The summed E-state index contributed by atoms with van der Waals surface area (Å²) in [7, 11) is 3.01. The molecule has 3 heterocycles. The lowest BCUT2D eigenvalue weighted by Gasteiger charge is -2.16. The van der Waals surface area contributed by atoms with E-state index in [1.54, 1.807) is 36.4 Å². The molecule has 0 saturated heterocycles. The SMILES string of the molecule is COc1cc([C@H](CC2CC2)n2cc(-c3cnn(C)c(=O)c3)cn2)[n+](O)cc1-c1c(C#N)ccc(Cl)c1F. The van der Waals surface area contributed by atoms with Crippen LogP contribution >= 0.6 is 11.6 Å². The fourth-order valence-corrected chi connectivity index (χ4v) is 4.53. The standard InChI is InChI=1S/C26H23ClFN6O3/c1-32-24(35)8-17(11-30-32)18-12-31-33(13-18)21(7-15-3-4-15)22-9-23(37-2)19(14-34(22)36)25-16(10-29)5-6-20(27)26(25)28/h5-6,8-9,11-15,21,36H,3-4,7H2,1-2H3/q+1/t21-/m0/s1. The average Bonchev–Trinajstić information content (AvgIpc) is 3.58. The van der Waals surface area contributed by atoms with E-state index in [2.05, 4.69) is 10.2 Å². The van der Waals surface area contributed by atoms with Crippen LogP contribution in [0.2, 0.25) is 5.02 Å². The Morgan fingerprint density at radius 3 is 2.73 bits per heavy atom. The minimum atomic E-state index is -0.777. The van der Waals surface area contributed by atoms with Gasteiger partial charge >= 0.3 is 0 Å². The molecule has 11 heteroatoms. The third kappa shape index (κ3) is 4.66. The minimum absolute atomic E-state index is 0.0560. The second-order valence-corrected chi connectivity index (χ2v) is 9.44. The molecule has 3 aromatic heterocycles. The van der Waals surface area contributed by atoms with Gasteiger partial charge in [0, 0.05) is 40.7 Å². The highest BCUT2D eigenvalue weighted by atomic mass is 35.5. The maximum Gasteiger partial charge on any atom is 0.267 e. The zero-order chi connectivity index (χ0) is 26.3. The summed E-state index contributed by atoms with van der Waals surface area (Å²) in [5, 5.41) is 29.1. The van der Waals surface area contributed by atoms with E-state index in [1.807, 2.05) is 6.07 Å². The molecular weight excluding hydrogens is 499 g/mol. The fourth-order valence-electron chi connectivity index (χ4n) is 4.37. The number of ether oxygens (including phenoxy) is 1. The molecule has 5 rings (SSSR count). The summed E-state index contributed by atoms with van der Waals surface area (Å²) in [5.41, 5.74) is 1.75. The van der Waals surface area contributed by atoms with Crippen LogP contribution in [-0.4, -0.2) is 31.9 Å². The van der Waals surface area contributed by atoms with Crippen molar-refractivity contribution in [2.75, 3.05) is 7.11 Å². The van der Waals surface area contributed by atoms with Gasteiger partial charge in [0.05, 0.1) is 47.8 Å². The first-order chi connectivity index (χ1) is 17.8. The van der Waals surface area contributed by atoms with Crippen molar-refractivity contribution >= 4 is 11.6 Å².